The molecule has 8 heteroatoms. The largest absolute Gasteiger partial charge is 0.480 e. The number of nitrogens with zero attached hydrogens (tertiary/aromatic N) is 2. The maximum absolute atomic E-state index is 12.8. The van der Waals surface area contributed by atoms with Crippen LogP contribution in [0.15, 0.2) is 47.3 Å². The van der Waals surface area contributed by atoms with Crippen LogP contribution in [-0.4, -0.2) is 20.2 Å². The average Bonchev–Trinajstić information content (AvgIpc) is 2.57. The molecule has 0 atom stereocenters. The van der Waals surface area contributed by atoms with Gasteiger partial charge in [-0.15, -0.1) is 0 Å². The standard InChI is InChI=1S/C17H12Cl2N2O3S/c18-11-6-5-10(13(19)7-11)8-20-14-4-2-1-3-12(14)16(25)21(17(20)24)9-15(22)23/h1-7H,8-9H2,(H,22,23). The van der Waals surface area contributed by atoms with Crippen LogP contribution in [0.25, 0.3) is 10.9 Å². The van der Waals surface area contributed by atoms with E-state index >= 15 is 0 Å². The van der Waals surface area contributed by atoms with Gasteiger partial charge in [0.2, 0.25) is 0 Å². The number of fused-ring (bicyclic) bond motifs is 1. The highest BCUT2D eigenvalue weighted by molar-refractivity contribution is 7.71. The molecular weight excluding hydrogens is 383 g/mol. The summed E-state index contributed by atoms with van der Waals surface area (Å²) in [7, 11) is 0. The van der Waals surface area contributed by atoms with Crippen LogP contribution in [0.4, 0.5) is 0 Å². The summed E-state index contributed by atoms with van der Waals surface area (Å²) in [5.41, 5.74) is 0.805. The van der Waals surface area contributed by atoms with Gasteiger partial charge in [0.05, 0.1) is 12.1 Å². The molecular formula is C17H12Cl2N2O3S. The maximum atomic E-state index is 12.8. The molecule has 0 saturated carbocycles. The van der Waals surface area contributed by atoms with Crippen molar-refractivity contribution in [2.24, 2.45) is 0 Å². The topological polar surface area (TPSA) is 64.2 Å². The Morgan fingerprint density at radius 3 is 2.52 bits per heavy atom. The van der Waals surface area contributed by atoms with E-state index in [4.69, 9.17) is 40.5 Å². The van der Waals surface area contributed by atoms with Gasteiger partial charge in [0.1, 0.15) is 11.2 Å². The fourth-order valence-corrected chi connectivity index (χ4v) is 3.40. The fourth-order valence-electron chi connectivity index (χ4n) is 2.62. The van der Waals surface area contributed by atoms with Crippen LogP contribution in [0, 0.1) is 4.64 Å². The van der Waals surface area contributed by atoms with E-state index in [0.29, 0.717) is 26.5 Å². The molecule has 0 saturated heterocycles. The second-order valence-corrected chi connectivity index (χ2v) is 6.64. The zero-order chi connectivity index (χ0) is 18.1. The average molecular weight is 395 g/mol. The minimum atomic E-state index is -1.14. The Bertz CT molecular complexity index is 1110. The van der Waals surface area contributed by atoms with Crippen molar-refractivity contribution in [3.05, 3.63) is 73.2 Å². The smallest absolute Gasteiger partial charge is 0.330 e. The lowest BCUT2D eigenvalue weighted by molar-refractivity contribution is -0.137. The van der Waals surface area contributed by atoms with E-state index in [1.54, 1.807) is 42.5 Å². The van der Waals surface area contributed by atoms with Gasteiger partial charge in [-0.2, -0.15) is 0 Å². The maximum Gasteiger partial charge on any atom is 0.330 e. The molecule has 25 heavy (non-hydrogen) atoms. The molecule has 0 aliphatic heterocycles. The molecule has 3 rings (SSSR count). The molecule has 1 heterocycles. The van der Waals surface area contributed by atoms with E-state index in [0.717, 1.165) is 4.57 Å². The van der Waals surface area contributed by atoms with Gasteiger partial charge >= 0.3 is 11.7 Å². The van der Waals surface area contributed by atoms with Crippen molar-refractivity contribution in [3.8, 4) is 0 Å². The van der Waals surface area contributed by atoms with Crippen LogP contribution >= 0.6 is 35.4 Å². The first kappa shape index (κ1) is 17.7. The summed E-state index contributed by atoms with van der Waals surface area (Å²) in [6.07, 6.45) is 0. The summed E-state index contributed by atoms with van der Waals surface area (Å²) in [5.74, 6) is -1.14. The number of aliphatic carboxylic acids is 1. The number of carboxylic acids is 1. The number of carbonyl (C=O) groups is 1. The monoisotopic (exact) mass is 394 g/mol. The molecule has 0 unspecified atom stereocenters. The molecule has 0 aliphatic rings. The van der Waals surface area contributed by atoms with Crippen molar-refractivity contribution >= 4 is 52.3 Å². The van der Waals surface area contributed by atoms with Crippen LogP contribution in [0.5, 0.6) is 0 Å². The Hall–Kier alpha value is -2.15. The van der Waals surface area contributed by atoms with Crippen LogP contribution in [0.2, 0.25) is 10.0 Å². The van der Waals surface area contributed by atoms with Gasteiger partial charge in [-0.3, -0.25) is 13.9 Å². The first-order chi connectivity index (χ1) is 11.9. The van der Waals surface area contributed by atoms with E-state index in [1.165, 1.54) is 4.57 Å². The second-order valence-electron chi connectivity index (χ2n) is 5.41. The lowest BCUT2D eigenvalue weighted by atomic mass is 10.2. The third kappa shape index (κ3) is 3.46. The normalized spacial score (nSPS) is 11.0. The highest BCUT2D eigenvalue weighted by Gasteiger charge is 2.14. The number of rotatable bonds is 4. The van der Waals surface area contributed by atoms with Crippen LogP contribution in [-0.2, 0) is 17.9 Å². The molecule has 0 spiro atoms. The molecule has 0 fully saturated rings. The van der Waals surface area contributed by atoms with E-state index in [9.17, 15) is 9.59 Å². The number of hydrogen-bond donors (Lipinski definition) is 1. The highest BCUT2D eigenvalue weighted by Crippen LogP contribution is 2.23. The number of benzene rings is 2. The minimum absolute atomic E-state index is 0.171. The molecule has 3 aromatic rings. The Kier molecular flexibility index (Phi) is 4.94. The summed E-state index contributed by atoms with van der Waals surface area (Å²) in [4.78, 5) is 24.0. The summed E-state index contributed by atoms with van der Waals surface area (Å²) in [5, 5.41) is 10.6. The first-order valence-electron chi connectivity index (χ1n) is 7.26. The molecule has 0 aliphatic carbocycles. The van der Waals surface area contributed by atoms with Gasteiger partial charge in [-0.25, -0.2) is 4.79 Å². The molecule has 0 amide bonds. The van der Waals surface area contributed by atoms with E-state index in [1.807, 2.05) is 0 Å². The molecule has 2 aromatic carbocycles. The Labute approximate surface area is 157 Å². The van der Waals surface area contributed by atoms with Crippen LogP contribution < -0.4 is 5.69 Å². The molecule has 128 valence electrons. The second kappa shape index (κ2) is 7.00. The van der Waals surface area contributed by atoms with Gasteiger partial charge in [0.25, 0.3) is 0 Å². The summed E-state index contributed by atoms with van der Waals surface area (Å²) in [6.45, 7) is -0.332. The predicted molar refractivity (Wildman–Crippen MR) is 100 cm³/mol. The van der Waals surface area contributed by atoms with Gasteiger partial charge in [-0.1, -0.05) is 53.6 Å². The zero-order valence-corrected chi connectivity index (χ0v) is 15.1. The Morgan fingerprint density at radius 2 is 1.84 bits per heavy atom. The Morgan fingerprint density at radius 1 is 1.12 bits per heavy atom. The Balaban J connectivity index is 2.28. The van der Waals surface area contributed by atoms with Gasteiger partial charge < -0.3 is 5.11 Å². The van der Waals surface area contributed by atoms with Crippen LogP contribution in [0.3, 0.4) is 0 Å². The summed E-state index contributed by atoms with van der Waals surface area (Å²) < 4.78 is 2.73. The van der Waals surface area contributed by atoms with Gasteiger partial charge in [0, 0.05) is 15.4 Å². The number of halogens is 2. The summed E-state index contributed by atoms with van der Waals surface area (Å²) >= 11 is 17.4. The predicted octanol–water partition coefficient (Wildman–Crippen LogP) is 3.97. The van der Waals surface area contributed by atoms with Crippen molar-refractivity contribution in [1.29, 1.82) is 0 Å². The van der Waals surface area contributed by atoms with Crippen molar-refractivity contribution in [3.63, 3.8) is 0 Å². The van der Waals surface area contributed by atoms with Crippen molar-refractivity contribution in [2.75, 3.05) is 0 Å². The minimum Gasteiger partial charge on any atom is -0.480 e. The molecule has 1 N–H and O–H groups in total. The quantitative estimate of drug-likeness (QED) is 0.679. The number of carboxylic acid groups (broad SMARTS) is 1. The SMILES string of the molecule is O=C(O)Cn1c(=S)c2ccccc2n(Cc2ccc(Cl)cc2Cl)c1=O. The molecule has 1 aromatic heterocycles. The van der Waals surface area contributed by atoms with E-state index in [-0.39, 0.29) is 11.2 Å². The third-order valence-corrected chi connectivity index (χ3v) is 4.80. The van der Waals surface area contributed by atoms with Gasteiger partial charge in [0.15, 0.2) is 0 Å². The first-order valence-corrected chi connectivity index (χ1v) is 8.43. The number of hydrogen-bond acceptors (Lipinski definition) is 3. The zero-order valence-electron chi connectivity index (χ0n) is 12.8. The van der Waals surface area contributed by atoms with Crippen molar-refractivity contribution in [2.45, 2.75) is 13.1 Å². The lowest BCUT2D eigenvalue weighted by Crippen LogP contribution is -2.34. The van der Waals surface area contributed by atoms with Gasteiger partial charge in [-0.05, 0) is 29.8 Å². The number of para-hydroxylation sites is 1. The number of aromatic nitrogens is 2. The lowest BCUT2D eigenvalue weighted by Gasteiger charge is -2.15. The van der Waals surface area contributed by atoms with Crippen molar-refractivity contribution in [1.82, 2.24) is 9.13 Å². The van der Waals surface area contributed by atoms with Crippen molar-refractivity contribution < 1.29 is 9.90 Å². The fraction of sp³-hybridized carbons (Fsp3) is 0.118. The molecule has 0 radical (unpaired) electrons. The van der Waals surface area contributed by atoms with E-state index in [2.05, 4.69) is 0 Å². The highest BCUT2D eigenvalue weighted by atomic mass is 35.5. The summed E-state index contributed by atoms with van der Waals surface area (Å²) in [6, 6.07) is 12.1. The van der Waals surface area contributed by atoms with Crippen LogP contribution in [0.1, 0.15) is 5.56 Å². The van der Waals surface area contributed by atoms with E-state index < -0.39 is 18.2 Å². The molecule has 0 bridgehead atoms. The molecule has 5 nitrogen and oxygen atoms in total. The third-order valence-electron chi connectivity index (χ3n) is 3.77.